The summed E-state index contributed by atoms with van der Waals surface area (Å²) in [6.07, 6.45) is 2.99. The van der Waals surface area contributed by atoms with Crippen molar-refractivity contribution in [3.8, 4) is 11.5 Å². The standard InChI is InChI=1S/C17H16N2O3S/c1-22-15-9-5-2-6-12(15)10-11-16(21)19-17(23)18-13-7-3-4-8-14(13)20/h2-11,20H,1H3,(H2,18,19,21,23)/b11-10+. The van der Waals surface area contributed by atoms with Gasteiger partial charge in [0.05, 0.1) is 12.8 Å². The van der Waals surface area contributed by atoms with Crippen molar-refractivity contribution in [2.24, 2.45) is 0 Å². The molecule has 2 aromatic carbocycles. The Morgan fingerprint density at radius 1 is 1.17 bits per heavy atom. The molecule has 23 heavy (non-hydrogen) atoms. The molecule has 0 heterocycles. The summed E-state index contributed by atoms with van der Waals surface area (Å²) >= 11 is 5.04. The number of phenols is 1. The van der Waals surface area contributed by atoms with Crippen LogP contribution in [0.3, 0.4) is 0 Å². The van der Waals surface area contributed by atoms with Gasteiger partial charge in [-0.25, -0.2) is 0 Å². The summed E-state index contributed by atoms with van der Waals surface area (Å²) in [5.41, 5.74) is 1.20. The molecule has 6 heteroatoms. The summed E-state index contributed by atoms with van der Waals surface area (Å²) in [6, 6.07) is 14.0. The molecule has 0 saturated carbocycles. The van der Waals surface area contributed by atoms with Crippen LogP contribution in [0.1, 0.15) is 5.56 Å². The summed E-state index contributed by atoms with van der Waals surface area (Å²) in [5, 5.41) is 15.0. The fourth-order valence-electron chi connectivity index (χ4n) is 1.86. The molecule has 0 radical (unpaired) electrons. The number of para-hydroxylation sites is 3. The van der Waals surface area contributed by atoms with Crippen molar-refractivity contribution >= 4 is 35.0 Å². The molecule has 0 aliphatic carbocycles. The third kappa shape index (κ3) is 4.82. The first-order chi connectivity index (χ1) is 11.1. The largest absolute Gasteiger partial charge is 0.506 e. The van der Waals surface area contributed by atoms with Crippen LogP contribution in [-0.4, -0.2) is 23.2 Å². The van der Waals surface area contributed by atoms with Crippen LogP contribution < -0.4 is 15.4 Å². The molecule has 0 bridgehead atoms. The number of phenolic OH excluding ortho intramolecular Hbond substituents is 1. The second-order valence-corrected chi connectivity index (χ2v) is 4.94. The quantitative estimate of drug-likeness (QED) is 0.457. The molecular weight excluding hydrogens is 312 g/mol. The molecule has 0 aromatic heterocycles. The van der Waals surface area contributed by atoms with E-state index in [0.717, 1.165) is 5.56 Å². The first kappa shape index (κ1) is 16.5. The Hall–Kier alpha value is -2.86. The number of nitrogens with one attached hydrogen (secondary N) is 2. The molecule has 2 rings (SSSR count). The lowest BCUT2D eigenvalue weighted by Gasteiger charge is -2.09. The number of ether oxygens (including phenoxy) is 1. The van der Waals surface area contributed by atoms with Crippen LogP contribution in [0.15, 0.2) is 54.6 Å². The van der Waals surface area contributed by atoms with Crippen molar-refractivity contribution < 1.29 is 14.6 Å². The minimum absolute atomic E-state index is 0.0497. The maximum Gasteiger partial charge on any atom is 0.250 e. The first-order valence-corrected chi connectivity index (χ1v) is 7.22. The molecule has 0 spiro atoms. The maximum absolute atomic E-state index is 11.9. The lowest BCUT2D eigenvalue weighted by atomic mass is 10.2. The highest BCUT2D eigenvalue weighted by Crippen LogP contribution is 2.21. The highest BCUT2D eigenvalue weighted by atomic mass is 32.1. The van der Waals surface area contributed by atoms with Crippen LogP contribution >= 0.6 is 12.2 Å². The molecule has 0 atom stereocenters. The number of anilines is 1. The molecule has 118 valence electrons. The van der Waals surface area contributed by atoms with E-state index in [1.54, 1.807) is 31.4 Å². The lowest BCUT2D eigenvalue weighted by molar-refractivity contribution is -0.115. The van der Waals surface area contributed by atoms with E-state index in [-0.39, 0.29) is 16.8 Å². The number of benzene rings is 2. The Balaban J connectivity index is 1.95. The molecular formula is C17H16N2O3S. The number of aromatic hydroxyl groups is 1. The number of carbonyl (C=O) groups is 1. The lowest BCUT2D eigenvalue weighted by Crippen LogP contribution is -2.32. The van der Waals surface area contributed by atoms with Crippen molar-refractivity contribution in [3.05, 3.63) is 60.2 Å². The van der Waals surface area contributed by atoms with E-state index in [9.17, 15) is 9.90 Å². The van der Waals surface area contributed by atoms with Gasteiger partial charge in [0.1, 0.15) is 11.5 Å². The van der Waals surface area contributed by atoms with Crippen molar-refractivity contribution in [2.45, 2.75) is 0 Å². The molecule has 2 aromatic rings. The smallest absolute Gasteiger partial charge is 0.250 e. The summed E-state index contributed by atoms with van der Waals surface area (Å²) in [5.74, 6) is 0.337. The van der Waals surface area contributed by atoms with Crippen LogP contribution in [-0.2, 0) is 4.79 Å². The molecule has 5 nitrogen and oxygen atoms in total. The summed E-state index contributed by atoms with van der Waals surface area (Å²) < 4.78 is 5.20. The highest BCUT2D eigenvalue weighted by molar-refractivity contribution is 7.80. The van der Waals surface area contributed by atoms with Gasteiger partial charge in [-0.1, -0.05) is 30.3 Å². The maximum atomic E-state index is 11.9. The summed E-state index contributed by atoms with van der Waals surface area (Å²) in [6.45, 7) is 0. The Labute approximate surface area is 139 Å². The minimum Gasteiger partial charge on any atom is -0.506 e. The first-order valence-electron chi connectivity index (χ1n) is 6.81. The fourth-order valence-corrected chi connectivity index (χ4v) is 2.07. The highest BCUT2D eigenvalue weighted by Gasteiger charge is 2.05. The Bertz CT molecular complexity index is 744. The van der Waals surface area contributed by atoms with Crippen LogP contribution in [0.4, 0.5) is 5.69 Å². The number of thiocarbonyl (C=S) groups is 1. The topological polar surface area (TPSA) is 70.6 Å². The third-order valence-electron chi connectivity index (χ3n) is 2.94. The van der Waals surface area contributed by atoms with Gasteiger partial charge in [-0.05, 0) is 36.5 Å². The normalized spacial score (nSPS) is 10.3. The minimum atomic E-state index is -0.385. The number of methoxy groups -OCH3 is 1. The van der Waals surface area contributed by atoms with Gasteiger partial charge in [-0.15, -0.1) is 0 Å². The zero-order chi connectivity index (χ0) is 16.7. The average molecular weight is 328 g/mol. The fraction of sp³-hybridized carbons (Fsp3) is 0.0588. The van der Waals surface area contributed by atoms with E-state index in [0.29, 0.717) is 11.4 Å². The molecule has 0 saturated heterocycles. The zero-order valence-electron chi connectivity index (χ0n) is 12.4. The molecule has 0 unspecified atom stereocenters. The van der Waals surface area contributed by atoms with Crippen molar-refractivity contribution in [1.29, 1.82) is 0 Å². The van der Waals surface area contributed by atoms with Crippen molar-refractivity contribution in [1.82, 2.24) is 5.32 Å². The SMILES string of the molecule is COc1ccccc1/C=C/C(=O)NC(=S)Nc1ccccc1O. The van der Waals surface area contributed by atoms with Crippen LogP contribution in [0, 0.1) is 0 Å². The van der Waals surface area contributed by atoms with Gasteiger partial charge in [-0.2, -0.15) is 0 Å². The van der Waals surface area contributed by atoms with Crippen LogP contribution in [0.5, 0.6) is 11.5 Å². The van der Waals surface area contributed by atoms with Gasteiger partial charge in [-0.3, -0.25) is 10.1 Å². The average Bonchev–Trinajstić information content (AvgIpc) is 2.55. The number of amides is 1. The number of hydrogen-bond acceptors (Lipinski definition) is 4. The molecule has 0 aliphatic rings. The van der Waals surface area contributed by atoms with Gasteiger partial charge in [0.25, 0.3) is 0 Å². The van der Waals surface area contributed by atoms with Crippen molar-refractivity contribution in [2.75, 3.05) is 12.4 Å². The summed E-state index contributed by atoms with van der Waals surface area (Å²) in [7, 11) is 1.57. The summed E-state index contributed by atoms with van der Waals surface area (Å²) in [4.78, 5) is 11.9. The predicted octanol–water partition coefficient (Wildman–Crippen LogP) is 2.93. The van der Waals surface area contributed by atoms with E-state index in [2.05, 4.69) is 10.6 Å². The second kappa shape index (κ2) is 7.95. The zero-order valence-corrected chi connectivity index (χ0v) is 13.3. The predicted molar refractivity (Wildman–Crippen MR) is 94.5 cm³/mol. The molecule has 0 aliphatic heterocycles. The van der Waals surface area contributed by atoms with E-state index < -0.39 is 0 Å². The van der Waals surface area contributed by atoms with Gasteiger partial charge in [0.15, 0.2) is 5.11 Å². The van der Waals surface area contributed by atoms with Crippen LogP contribution in [0.2, 0.25) is 0 Å². The Morgan fingerprint density at radius 2 is 1.87 bits per heavy atom. The van der Waals surface area contributed by atoms with Gasteiger partial charge >= 0.3 is 0 Å². The van der Waals surface area contributed by atoms with E-state index in [1.807, 2.05) is 24.3 Å². The van der Waals surface area contributed by atoms with Crippen LogP contribution in [0.25, 0.3) is 6.08 Å². The van der Waals surface area contributed by atoms with E-state index in [4.69, 9.17) is 17.0 Å². The number of rotatable bonds is 4. The van der Waals surface area contributed by atoms with Gasteiger partial charge < -0.3 is 15.2 Å². The van der Waals surface area contributed by atoms with Gasteiger partial charge in [0, 0.05) is 11.6 Å². The Kier molecular flexibility index (Phi) is 5.71. The molecule has 0 fully saturated rings. The van der Waals surface area contributed by atoms with Crippen molar-refractivity contribution in [3.63, 3.8) is 0 Å². The molecule has 1 amide bonds. The van der Waals surface area contributed by atoms with Gasteiger partial charge in [0.2, 0.25) is 5.91 Å². The third-order valence-corrected chi connectivity index (χ3v) is 3.15. The number of hydrogen-bond donors (Lipinski definition) is 3. The number of carbonyl (C=O) groups excluding carboxylic acids is 1. The monoisotopic (exact) mass is 328 g/mol. The van der Waals surface area contributed by atoms with E-state index in [1.165, 1.54) is 12.1 Å². The van der Waals surface area contributed by atoms with E-state index >= 15 is 0 Å². The Morgan fingerprint density at radius 3 is 2.61 bits per heavy atom. The second-order valence-electron chi connectivity index (χ2n) is 4.54. The molecule has 3 N–H and O–H groups in total.